The molecule has 0 amide bonds. The highest BCUT2D eigenvalue weighted by molar-refractivity contribution is 5.58. The molecule has 0 fully saturated rings. The van der Waals surface area contributed by atoms with Gasteiger partial charge in [-0.3, -0.25) is 10.1 Å². The SMILES string of the molecule is COc1cc(C/C(=C\c2ccc3c(c2)OCO3)[N+](=O)[O-])ccc1OCc1ccccc1. The van der Waals surface area contributed by atoms with Crippen molar-refractivity contribution in [3.63, 3.8) is 0 Å². The quantitative estimate of drug-likeness (QED) is 0.383. The maximum Gasteiger partial charge on any atom is 0.251 e. The van der Waals surface area contributed by atoms with Crippen molar-refractivity contribution in [3.8, 4) is 23.0 Å². The van der Waals surface area contributed by atoms with Gasteiger partial charge in [0.25, 0.3) is 5.70 Å². The maximum absolute atomic E-state index is 11.6. The number of fused-ring (bicyclic) bond motifs is 1. The number of nitrogens with zero attached hydrogens (tertiary/aromatic N) is 1. The zero-order chi connectivity index (χ0) is 21.6. The Kier molecular flexibility index (Phi) is 6.03. The highest BCUT2D eigenvalue weighted by Gasteiger charge is 2.17. The standard InChI is InChI=1S/C24H21NO6/c1-28-23-13-18(7-9-21(23)29-15-17-5-3-2-4-6-17)11-20(25(26)27)12-19-8-10-22-24(14-19)31-16-30-22/h2-10,12-14H,11,15-16H2,1H3/b20-12+. The van der Waals surface area contributed by atoms with Gasteiger partial charge in [0, 0.05) is 6.08 Å². The summed E-state index contributed by atoms with van der Waals surface area (Å²) in [6, 6.07) is 20.4. The van der Waals surface area contributed by atoms with E-state index < -0.39 is 0 Å². The molecule has 3 aromatic rings. The van der Waals surface area contributed by atoms with E-state index in [-0.39, 0.29) is 23.8 Å². The highest BCUT2D eigenvalue weighted by atomic mass is 16.7. The van der Waals surface area contributed by atoms with Crippen molar-refractivity contribution in [2.24, 2.45) is 0 Å². The molecule has 1 aliphatic heterocycles. The fraction of sp³-hybridized carbons (Fsp3) is 0.167. The van der Waals surface area contributed by atoms with Crippen LogP contribution in [0.4, 0.5) is 0 Å². The summed E-state index contributed by atoms with van der Waals surface area (Å²) in [6.07, 6.45) is 1.67. The molecular formula is C24H21NO6. The molecule has 0 N–H and O–H groups in total. The molecule has 3 aromatic carbocycles. The number of rotatable bonds is 8. The van der Waals surface area contributed by atoms with Gasteiger partial charge in [-0.1, -0.05) is 42.5 Å². The second-order valence-electron chi connectivity index (χ2n) is 6.94. The van der Waals surface area contributed by atoms with Gasteiger partial charge in [0.05, 0.1) is 18.5 Å². The van der Waals surface area contributed by atoms with E-state index in [0.717, 1.165) is 11.1 Å². The van der Waals surface area contributed by atoms with Gasteiger partial charge < -0.3 is 18.9 Å². The Morgan fingerprint density at radius 2 is 1.81 bits per heavy atom. The maximum atomic E-state index is 11.6. The Hall–Kier alpha value is -4.00. The minimum absolute atomic E-state index is 0.0545. The van der Waals surface area contributed by atoms with Crippen LogP contribution in [0.5, 0.6) is 23.0 Å². The van der Waals surface area contributed by atoms with Crippen molar-refractivity contribution >= 4 is 6.08 Å². The summed E-state index contributed by atoms with van der Waals surface area (Å²) in [7, 11) is 1.55. The molecular weight excluding hydrogens is 398 g/mol. The second kappa shape index (κ2) is 9.21. The van der Waals surface area contributed by atoms with Crippen LogP contribution < -0.4 is 18.9 Å². The lowest BCUT2D eigenvalue weighted by Gasteiger charge is -2.12. The smallest absolute Gasteiger partial charge is 0.251 e. The fourth-order valence-corrected chi connectivity index (χ4v) is 3.25. The molecule has 0 aliphatic carbocycles. The van der Waals surface area contributed by atoms with Gasteiger partial charge in [-0.2, -0.15) is 0 Å². The van der Waals surface area contributed by atoms with E-state index in [4.69, 9.17) is 18.9 Å². The topological polar surface area (TPSA) is 80.1 Å². The molecule has 158 valence electrons. The van der Waals surface area contributed by atoms with Gasteiger partial charge in [-0.25, -0.2) is 0 Å². The number of allylic oxidation sites excluding steroid dienone is 1. The van der Waals surface area contributed by atoms with Crippen molar-refractivity contribution in [2.75, 3.05) is 13.9 Å². The molecule has 1 heterocycles. The Morgan fingerprint density at radius 1 is 1.00 bits per heavy atom. The van der Waals surface area contributed by atoms with E-state index in [0.29, 0.717) is 35.2 Å². The van der Waals surface area contributed by atoms with Crippen LogP contribution in [0.25, 0.3) is 6.08 Å². The summed E-state index contributed by atoms with van der Waals surface area (Å²) in [5.74, 6) is 2.32. The molecule has 4 rings (SSSR count). The Morgan fingerprint density at radius 3 is 2.58 bits per heavy atom. The first-order valence-electron chi connectivity index (χ1n) is 9.70. The minimum Gasteiger partial charge on any atom is -0.493 e. The first-order valence-corrected chi connectivity index (χ1v) is 9.70. The number of hydrogen-bond acceptors (Lipinski definition) is 6. The largest absolute Gasteiger partial charge is 0.493 e. The van der Waals surface area contributed by atoms with E-state index in [1.54, 1.807) is 43.5 Å². The zero-order valence-corrected chi connectivity index (χ0v) is 16.9. The van der Waals surface area contributed by atoms with Crippen LogP contribution in [0, 0.1) is 10.1 Å². The van der Waals surface area contributed by atoms with Crippen molar-refractivity contribution in [3.05, 3.63) is 99.2 Å². The lowest BCUT2D eigenvalue weighted by molar-refractivity contribution is -0.425. The molecule has 0 spiro atoms. The number of methoxy groups -OCH3 is 1. The summed E-state index contributed by atoms with van der Waals surface area (Å²) in [5, 5.41) is 11.6. The van der Waals surface area contributed by atoms with E-state index in [1.807, 2.05) is 30.3 Å². The van der Waals surface area contributed by atoms with Gasteiger partial charge in [0.2, 0.25) is 6.79 Å². The molecule has 0 aromatic heterocycles. The molecule has 0 radical (unpaired) electrons. The highest BCUT2D eigenvalue weighted by Crippen LogP contribution is 2.34. The molecule has 31 heavy (non-hydrogen) atoms. The molecule has 0 unspecified atom stereocenters. The van der Waals surface area contributed by atoms with Crippen molar-refractivity contribution in [1.82, 2.24) is 0 Å². The van der Waals surface area contributed by atoms with Crippen molar-refractivity contribution in [2.45, 2.75) is 13.0 Å². The van der Waals surface area contributed by atoms with Crippen molar-refractivity contribution < 1.29 is 23.9 Å². The zero-order valence-electron chi connectivity index (χ0n) is 16.9. The first-order chi connectivity index (χ1) is 15.1. The van der Waals surface area contributed by atoms with Gasteiger partial charge >= 0.3 is 0 Å². The molecule has 7 nitrogen and oxygen atoms in total. The third kappa shape index (κ3) is 4.95. The predicted octanol–water partition coefficient (Wildman–Crippen LogP) is 4.86. The van der Waals surface area contributed by atoms with Crippen LogP contribution >= 0.6 is 0 Å². The molecule has 0 saturated heterocycles. The molecule has 7 heteroatoms. The van der Waals surface area contributed by atoms with Crippen LogP contribution in [-0.4, -0.2) is 18.8 Å². The van der Waals surface area contributed by atoms with Crippen LogP contribution in [0.2, 0.25) is 0 Å². The monoisotopic (exact) mass is 419 g/mol. The number of nitro groups is 1. The third-order valence-electron chi connectivity index (χ3n) is 4.81. The number of hydrogen-bond donors (Lipinski definition) is 0. The first kappa shape index (κ1) is 20.3. The third-order valence-corrected chi connectivity index (χ3v) is 4.81. The lowest BCUT2D eigenvalue weighted by Crippen LogP contribution is -2.03. The second-order valence-corrected chi connectivity index (χ2v) is 6.94. The lowest BCUT2D eigenvalue weighted by atomic mass is 10.1. The summed E-state index contributed by atoms with van der Waals surface area (Å²) < 4.78 is 21.9. The normalized spacial score (nSPS) is 12.5. The Bertz CT molecular complexity index is 1110. The van der Waals surface area contributed by atoms with E-state index >= 15 is 0 Å². The average Bonchev–Trinajstić information content (AvgIpc) is 3.26. The summed E-state index contributed by atoms with van der Waals surface area (Å²) >= 11 is 0. The Balaban J connectivity index is 1.51. The summed E-state index contributed by atoms with van der Waals surface area (Å²) in [5.41, 5.74) is 2.51. The summed E-state index contributed by atoms with van der Waals surface area (Å²) in [6.45, 7) is 0.559. The van der Waals surface area contributed by atoms with Crippen LogP contribution in [-0.2, 0) is 13.0 Å². The van der Waals surface area contributed by atoms with Gasteiger partial charge in [-0.05, 0) is 41.0 Å². The summed E-state index contributed by atoms with van der Waals surface area (Å²) in [4.78, 5) is 11.3. The number of ether oxygens (including phenoxy) is 4. The van der Waals surface area contributed by atoms with Gasteiger partial charge in [0.1, 0.15) is 6.61 Å². The number of benzene rings is 3. The van der Waals surface area contributed by atoms with Crippen LogP contribution in [0.1, 0.15) is 16.7 Å². The van der Waals surface area contributed by atoms with Crippen LogP contribution in [0.3, 0.4) is 0 Å². The fourth-order valence-electron chi connectivity index (χ4n) is 3.25. The molecule has 0 atom stereocenters. The minimum atomic E-state index is -0.378. The van der Waals surface area contributed by atoms with E-state index in [1.165, 1.54) is 6.08 Å². The van der Waals surface area contributed by atoms with Gasteiger partial charge in [-0.15, -0.1) is 0 Å². The molecule has 0 bridgehead atoms. The van der Waals surface area contributed by atoms with Crippen LogP contribution in [0.15, 0.2) is 72.4 Å². The van der Waals surface area contributed by atoms with Crippen molar-refractivity contribution in [1.29, 1.82) is 0 Å². The van der Waals surface area contributed by atoms with E-state index in [2.05, 4.69) is 0 Å². The molecule has 1 aliphatic rings. The predicted molar refractivity (Wildman–Crippen MR) is 115 cm³/mol. The molecule has 0 saturated carbocycles. The Labute approximate surface area is 179 Å². The van der Waals surface area contributed by atoms with E-state index in [9.17, 15) is 10.1 Å². The average molecular weight is 419 g/mol. The van der Waals surface area contributed by atoms with Gasteiger partial charge in [0.15, 0.2) is 23.0 Å².